The molecule has 0 aliphatic carbocycles. The standard InChI is InChI=1S/C45H52F5N5O14S/c46-36-37(47)39(49)43(40(50)38(36)48)68-35(60)11-14-64-16-18-66-20-21-67-19-17-65-15-13-55-24-31(53-54-55)29-8-6-27(7-9-29)22-33(58)51-23-32(57)41(61)42-30(52-34(59)25-56)10-12-45(69-42,44(62)63)70-26-28-4-2-1-3-5-28/h1-9,24,30,32,41-42,56-57,61H,10-23,25-26H2,(H,51,58)(H,52,59)(H,62,63)/t30-,32-,41-,42-,45+/m1/s1. The molecule has 2 heterocycles. The number of aliphatic hydroxyl groups excluding tert-OH is 3. The minimum atomic E-state index is -2.37. The van der Waals surface area contributed by atoms with Crippen molar-refractivity contribution in [3.63, 3.8) is 0 Å². The normalized spacial score (nSPS) is 17.7. The van der Waals surface area contributed by atoms with Gasteiger partial charge in [0.25, 0.3) is 0 Å². The molecule has 2 amide bonds. The largest absolute Gasteiger partial charge is 0.478 e. The van der Waals surface area contributed by atoms with Crippen molar-refractivity contribution in [2.75, 3.05) is 66.0 Å². The van der Waals surface area contributed by atoms with E-state index in [1.807, 2.05) is 30.3 Å². The third-order valence-electron chi connectivity index (χ3n) is 10.4. The quantitative estimate of drug-likeness (QED) is 0.0114. The van der Waals surface area contributed by atoms with E-state index in [0.717, 1.165) is 22.9 Å². The number of thioether (sulfide) groups is 1. The molecule has 6 N–H and O–H groups in total. The van der Waals surface area contributed by atoms with Crippen molar-refractivity contribution in [3.8, 4) is 17.0 Å². The van der Waals surface area contributed by atoms with Crippen molar-refractivity contribution in [1.82, 2.24) is 25.6 Å². The maximum Gasteiger partial charge on any atom is 0.346 e. The van der Waals surface area contributed by atoms with Gasteiger partial charge in [0.05, 0.1) is 90.6 Å². The van der Waals surface area contributed by atoms with Crippen LogP contribution in [0, 0.1) is 29.1 Å². The van der Waals surface area contributed by atoms with Crippen LogP contribution in [0.3, 0.4) is 0 Å². The number of carboxylic acids is 1. The number of aromatic nitrogens is 3. The van der Waals surface area contributed by atoms with Crippen LogP contribution in [0.15, 0.2) is 60.8 Å². The molecule has 4 aromatic rings. The van der Waals surface area contributed by atoms with Gasteiger partial charge in [-0.2, -0.15) is 8.78 Å². The van der Waals surface area contributed by atoms with E-state index in [1.54, 1.807) is 35.1 Å². The molecule has 382 valence electrons. The second-order valence-corrected chi connectivity index (χ2v) is 16.7. The Labute approximate surface area is 401 Å². The van der Waals surface area contributed by atoms with Gasteiger partial charge in [0.1, 0.15) is 24.5 Å². The molecule has 1 fully saturated rings. The summed E-state index contributed by atoms with van der Waals surface area (Å²) in [5, 5.41) is 55.1. The van der Waals surface area contributed by atoms with Gasteiger partial charge >= 0.3 is 11.9 Å². The third kappa shape index (κ3) is 16.2. The van der Waals surface area contributed by atoms with E-state index in [0.29, 0.717) is 24.4 Å². The number of carbonyl (C=O) groups is 4. The molecular formula is C45H52F5N5O14S. The number of aliphatic hydroxyl groups is 3. The minimum Gasteiger partial charge on any atom is -0.478 e. The molecular weight excluding hydrogens is 962 g/mol. The van der Waals surface area contributed by atoms with E-state index in [4.69, 9.17) is 23.7 Å². The Kier molecular flexibility index (Phi) is 21.9. The van der Waals surface area contributed by atoms with E-state index in [1.165, 1.54) is 0 Å². The number of halogens is 5. The van der Waals surface area contributed by atoms with Crippen LogP contribution in [0.2, 0.25) is 0 Å². The lowest BCUT2D eigenvalue weighted by Gasteiger charge is -2.44. The summed E-state index contributed by atoms with van der Waals surface area (Å²) >= 11 is 0.998. The van der Waals surface area contributed by atoms with Crippen LogP contribution < -0.4 is 15.4 Å². The highest BCUT2D eigenvalue weighted by atomic mass is 32.2. The van der Waals surface area contributed by atoms with Gasteiger partial charge in [0.2, 0.25) is 51.6 Å². The minimum absolute atomic E-state index is 0.0315. The van der Waals surface area contributed by atoms with Crippen LogP contribution in [0.1, 0.15) is 30.4 Å². The zero-order valence-corrected chi connectivity index (χ0v) is 38.2. The van der Waals surface area contributed by atoms with Crippen molar-refractivity contribution >= 4 is 35.5 Å². The van der Waals surface area contributed by atoms with E-state index < -0.39 is 107 Å². The Morgan fingerprint density at radius 3 is 2.01 bits per heavy atom. The molecule has 3 aromatic carbocycles. The number of rotatable bonds is 29. The fourth-order valence-electron chi connectivity index (χ4n) is 6.74. The Bertz CT molecular complexity index is 2310. The molecule has 0 spiro atoms. The number of carboxylic acid groups (broad SMARTS) is 1. The Balaban J connectivity index is 0.932. The molecule has 70 heavy (non-hydrogen) atoms. The summed E-state index contributed by atoms with van der Waals surface area (Å²) in [7, 11) is 0. The van der Waals surface area contributed by atoms with Crippen LogP contribution in [0.4, 0.5) is 22.0 Å². The zero-order chi connectivity index (χ0) is 50.6. The second kappa shape index (κ2) is 27.7. The van der Waals surface area contributed by atoms with Gasteiger partial charge in [-0.25, -0.2) is 22.6 Å². The molecule has 0 bridgehead atoms. The third-order valence-corrected chi connectivity index (χ3v) is 11.9. The first-order valence-electron chi connectivity index (χ1n) is 21.8. The zero-order valence-electron chi connectivity index (χ0n) is 37.4. The molecule has 1 aromatic heterocycles. The Morgan fingerprint density at radius 2 is 1.40 bits per heavy atom. The van der Waals surface area contributed by atoms with Gasteiger partial charge in [0, 0.05) is 17.9 Å². The number of hydrogen-bond donors (Lipinski definition) is 6. The lowest BCUT2D eigenvalue weighted by Crippen LogP contribution is -2.62. The van der Waals surface area contributed by atoms with Crippen LogP contribution >= 0.6 is 11.8 Å². The van der Waals surface area contributed by atoms with Gasteiger partial charge in [-0.15, -0.1) is 16.9 Å². The molecule has 25 heteroatoms. The summed E-state index contributed by atoms with van der Waals surface area (Å²) in [4.78, 5) is 47.5. The molecule has 0 saturated carbocycles. The molecule has 19 nitrogen and oxygen atoms in total. The maximum atomic E-state index is 13.6. The van der Waals surface area contributed by atoms with Crippen LogP contribution in [-0.2, 0) is 61.6 Å². The van der Waals surface area contributed by atoms with Crippen molar-refractivity contribution in [2.24, 2.45) is 0 Å². The highest BCUT2D eigenvalue weighted by molar-refractivity contribution is 8.00. The fraction of sp³-hybridized carbons (Fsp3) is 0.467. The highest BCUT2D eigenvalue weighted by Gasteiger charge is 2.51. The van der Waals surface area contributed by atoms with Crippen LogP contribution in [0.5, 0.6) is 5.75 Å². The summed E-state index contributed by atoms with van der Waals surface area (Å²) in [5.74, 6) is -16.6. The topological polar surface area (TPSA) is 259 Å². The van der Waals surface area contributed by atoms with Gasteiger partial charge in [0.15, 0.2) is 0 Å². The van der Waals surface area contributed by atoms with Crippen molar-refractivity contribution in [3.05, 3.63) is 101 Å². The number of benzene rings is 3. The number of ether oxygens (including phenoxy) is 6. The number of carbonyl (C=O) groups excluding carboxylic acids is 3. The predicted octanol–water partition coefficient (Wildman–Crippen LogP) is 2.45. The average Bonchev–Trinajstić information content (AvgIpc) is 3.84. The summed E-state index contributed by atoms with van der Waals surface area (Å²) in [6, 6.07) is 15.1. The van der Waals surface area contributed by atoms with E-state index in [2.05, 4.69) is 25.7 Å². The van der Waals surface area contributed by atoms with E-state index in [9.17, 15) is 61.6 Å². The molecule has 0 unspecified atom stereocenters. The second-order valence-electron chi connectivity index (χ2n) is 15.5. The monoisotopic (exact) mass is 1010 g/mol. The van der Waals surface area contributed by atoms with Gasteiger partial charge < -0.3 is 59.5 Å². The van der Waals surface area contributed by atoms with Crippen LogP contribution in [0.25, 0.3) is 11.3 Å². The lowest BCUT2D eigenvalue weighted by atomic mass is 9.92. The van der Waals surface area contributed by atoms with Gasteiger partial charge in [-0.3, -0.25) is 14.4 Å². The lowest BCUT2D eigenvalue weighted by molar-refractivity contribution is -0.187. The number of hydrogen-bond acceptors (Lipinski definition) is 16. The van der Waals surface area contributed by atoms with Crippen molar-refractivity contribution in [1.29, 1.82) is 0 Å². The SMILES string of the molecule is O=C(Cc1ccc(-c2cn(CCOCCOCCOCCOCCC(=O)Oc3c(F)c(F)c(F)c(F)c3F)nn2)cc1)NC[C@@H](O)[C@@H](O)[C@@H]1O[C@@](SCc2ccccc2)(C(=O)O)CC[C@H]1NC(=O)CO. The van der Waals surface area contributed by atoms with E-state index >= 15 is 0 Å². The summed E-state index contributed by atoms with van der Waals surface area (Å²) in [6.07, 6.45) is -3.64. The smallest absolute Gasteiger partial charge is 0.346 e. The molecule has 0 radical (unpaired) electrons. The molecule has 5 rings (SSSR count). The van der Waals surface area contributed by atoms with E-state index in [-0.39, 0.29) is 71.3 Å². The Hall–Kier alpha value is -5.64. The number of esters is 1. The fourth-order valence-corrected chi connectivity index (χ4v) is 7.90. The summed E-state index contributed by atoms with van der Waals surface area (Å²) in [6.45, 7) is 0.297. The molecule has 1 aliphatic rings. The number of nitrogens with zero attached hydrogens (tertiary/aromatic N) is 3. The average molecular weight is 1010 g/mol. The summed E-state index contributed by atoms with van der Waals surface area (Å²) in [5.41, 5.74) is 2.76. The molecule has 1 aliphatic heterocycles. The first-order chi connectivity index (χ1) is 33.6. The van der Waals surface area contributed by atoms with Gasteiger partial charge in [-0.1, -0.05) is 59.8 Å². The van der Waals surface area contributed by atoms with Crippen molar-refractivity contribution in [2.45, 2.75) is 67.3 Å². The predicted molar refractivity (Wildman–Crippen MR) is 235 cm³/mol. The number of amides is 2. The maximum absolute atomic E-state index is 13.6. The Morgan fingerprint density at radius 1 is 0.800 bits per heavy atom. The van der Waals surface area contributed by atoms with Crippen LogP contribution in [-0.4, -0.2) is 154 Å². The first kappa shape index (κ1) is 55.3. The molecule has 1 saturated heterocycles. The number of aliphatic carboxylic acids is 1. The highest BCUT2D eigenvalue weighted by Crippen LogP contribution is 2.41. The van der Waals surface area contributed by atoms with Gasteiger partial charge in [-0.05, 0) is 24.0 Å². The first-order valence-corrected chi connectivity index (χ1v) is 22.8. The summed E-state index contributed by atoms with van der Waals surface area (Å²) < 4.78 is 100. The number of nitrogens with one attached hydrogen (secondary N) is 2. The molecule has 5 atom stereocenters. The van der Waals surface area contributed by atoms with Crippen molar-refractivity contribution < 1.29 is 90.0 Å².